The lowest BCUT2D eigenvalue weighted by Gasteiger charge is -2.33. The molecule has 6 heteroatoms. The molecule has 1 fully saturated rings. The maximum Gasteiger partial charge on any atom is 0.321 e. The molecule has 5 nitrogen and oxygen atoms in total. The van der Waals surface area contributed by atoms with Crippen LogP contribution >= 0.6 is 11.6 Å². The van der Waals surface area contributed by atoms with Gasteiger partial charge in [-0.2, -0.15) is 0 Å². The van der Waals surface area contributed by atoms with Gasteiger partial charge in [0.15, 0.2) is 0 Å². The Bertz CT molecular complexity index is 838. The average molecular weight is 414 g/mol. The summed E-state index contributed by atoms with van der Waals surface area (Å²) in [5.41, 5.74) is 2.52. The summed E-state index contributed by atoms with van der Waals surface area (Å²) in [7, 11) is 0. The summed E-state index contributed by atoms with van der Waals surface area (Å²) >= 11 is 5.90. The summed E-state index contributed by atoms with van der Waals surface area (Å²) in [5.74, 6) is 0.191. The first kappa shape index (κ1) is 21.2. The van der Waals surface area contributed by atoms with Crippen LogP contribution in [0, 0.1) is 0 Å². The molecule has 3 amide bonds. The molecule has 2 aromatic rings. The second-order valence-corrected chi connectivity index (χ2v) is 7.89. The van der Waals surface area contributed by atoms with Gasteiger partial charge in [0.05, 0.1) is 0 Å². The Hall–Kier alpha value is -2.53. The van der Waals surface area contributed by atoms with Gasteiger partial charge in [-0.3, -0.25) is 4.79 Å². The van der Waals surface area contributed by atoms with Gasteiger partial charge in [0.25, 0.3) is 5.91 Å². The number of anilines is 1. The van der Waals surface area contributed by atoms with Crippen molar-refractivity contribution in [1.82, 2.24) is 10.2 Å². The molecule has 29 heavy (non-hydrogen) atoms. The first-order chi connectivity index (χ1) is 14.1. The Morgan fingerprint density at radius 3 is 2.72 bits per heavy atom. The lowest BCUT2D eigenvalue weighted by atomic mass is 9.89. The van der Waals surface area contributed by atoms with Gasteiger partial charge >= 0.3 is 6.03 Å². The predicted octanol–water partition coefficient (Wildman–Crippen LogP) is 5.28. The number of hydrogen-bond acceptors (Lipinski definition) is 2. The standard InChI is InChI=1S/C23H28ClN3O2/c1-2-3-13-25-22(28)18-7-4-6-17(15-18)19-8-5-14-27(16-19)23(29)26-21-11-9-20(24)10-12-21/h4,6-7,9-12,15,19H,2-3,5,8,13-14,16H2,1H3,(H,25,28)(H,26,29). The quantitative estimate of drug-likeness (QED) is 0.632. The highest BCUT2D eigenvalue weighted by Gasteiger charge is 2.25. The molecule has 1 unspecified atom stereocenters. The van der Waals surface area contributed by atoms with Crippen LogP contribution in [0.5, 0.6) is 0 Å². The van der Waals surface area contributed by atoms with E-state index in [0.29, 0.717) is 23.7 Å². The molecule has 1 atom stereocenters. The summed E-state index contributed by atoms with van der Waals surface area (Å²) in [6, 6.07) is 14.8. The number of nitrogens with zero attached hydrogens (tertiary/aromatic N) is 1. The van der Waals surface area contributed by atoms with Gasteiger partial charge < -0.3 is 15.5 Å². The molecular weight excluding hydrogens is 386 g/mol. The fraction of sp³-hybridized carbons (Fsp3) is 0.391. The van der Waals surface area contributed by atoms with Crippen LogP contribution in [0.4, 0.5) is 10.5 Å². The zero-order chi connectivity index (χ0) is 20.6. The topological polar surface area (TPSA) is 61.4 Å². The van der Waals surface area contributed by atoms with Crippen LogP contribution in [0.25, 0.3) is 0 Å². The van der Waals surface area contributed by atoms with E-state index < -0.39 is 0 Å². The van der Waals surface area contributed by atoms with E-state index >= 15 is 0 Å². The van der Waals surface area contributed by atoms with Crippen LogP contribution in [0.3, 0.4) is 0 Å². The molecule has 1 aliphatic rings. The van der Waals surface area contributed by atoms with Crippen LogP contribution < -0.4 is 10.6 Å². The van der Waals surface area contributed by atoms with Crippen molar-refractivity contribution in [1.29, 1.82) is 0 Å². The Labute approximate surface area is 177 Å². The number of carbonyl (C=O) groups excluding carboxylic acids is 2. The molecule has 0 radical (unpaired) electrons. The number of amides is 3. The summed E-state index contributed by atoms with van der Waals surface area (Å²) in [4.78, 5) is 26.9. The third-order valence-corrected chi connectivity index (χ3v) is 5.49. The number of carbonyl (C=O) groups is 2. The fourth-order valence-corrected chi connectivity index (χ4v) is 3.71. The Morgan fingerprint density at radius 2 is 1.97 bits per heavy atom. The third-order valence-electron chi connectivity index (χ3n) is 5.24. The average Bonchev–Trinajstić information content (AvgIpc) is 2.75. The van der Waals surface area contributed by atoms with Crippen molar-refractivity contribution < 1.29 is 9.59 Å². The van der Waals surface area contributed by atoms with Crippen molar-refractivity contribution in [3.8, 4) is 0 Å². The molecule has 1 aliphatic heterocycles. The van der Waals surface area contributed by atoms with E-state index in [-0.39, 0.29) is 17.9 Å². The zero-order valence-corrected chi connectivity index (χ0v) is 17.5. The van der Waals surface area contributed by atoms with Gasteiger partial charge in [-0.15, -0.1) is 0 Å². The van der Waals surface area contributed by atoms with Crippen molar-refractivity contribution in [2.24, 2.45) is 0 Å². The second-order valence-electron chi connectivity index (χ2n) is 7.46. The number of nitrogens with one attached hydrogen (secondary N) is 2. The van der Waals surface area contributed by atoms with E-state index in [0.717, 1.165) is 43.5 Å². The fourth-order valence-electron chi connectivity index (χ4n) is 3.58. The molecular formula is C23H28ClN3O2. The van der Waals surface area contributed by atoms with E-state index in [2.05, 4.69) is 17.6 Å². The van der Waals surface area contributed by atoms with E-state index in [1.54, 1.807) is 24.3 Å². The van der Waals surface area contributed by atoms with E-state index in [1.807, 2.05) is 29.2 Å². The molecule has 0 spiro atoms. The molecule has 3 rings (SSSR count). The SMILES string of the molecule is CCCCNC(=O)c1cccc(C2CCCN(C(=O)Nc3ccc(Cl)cc3)C2)c1. The van der Waals surface area contributed by atoms with Crippen LogP contribution in [0.15, 0.2) is 48.5 Å². The summed E-state index contributed by atoms with van der Waals surface area (Å²) in [6.07, 6.45) is 3.97. The molecule has 1 saturated heterocycles. The van der Waals surface area contributed by atoms with Gasteiger partial charge in [0, 0.05) is 41.8 Å². The largest absolute Gasteiger partial charge is 0.352 e. The van der Waals surface area contributed by atoms with Gasteiger partial charge in [-0.25, -0.2) is 4.79 Å². The van der Waals surface area contributed by atoms with Crippen molar-refractivity contribution in [3.63, 3.8) is 0 Å². The molecule has 0 saturated carbocycles. The van der Waals surface area contributed by atoms with Gasteiger partial charge in [-0.05, 0) is 61.2 Å². The normalized spacial score (nSPS) is 16.3. The molecule has 2 N–H and O–H groups in total. The van der Waals surface area contributed by atoms with Crippen LogP contribution in [-0.4, -0.2) is 36.5 Å². The smallest absolute Gasteiger partial charge is 0.321 e. The van der Waals surface area contributed by atoms with E-state index in [4.69, 9.17) is 11.6 Å². The van der Waals surface area contributed by atoms with Gasteiger partial charge in [0.1, 0.15) is 0 Å². The van der Waals surface area contributed by atoms with E-state index in [1.165, 1.54) is 0 Å². The van der Waals surface area contributed by atoms with Gasteiger partial charge in [-0.1, -0.05) is 37.1 Å². The molecule has 1 heterocycles. The summed E-state index contributed by atoms with van der Waals surface area (Å²) < 4.78 is 0. The summed E-state index contributed by atoms with van der Waals surface area (Å²) in [5, 5.41) is 6.54. The monoisotopic (exact) mass is 413 g/mol. The van der Waals surface area contributed by atoms with Crippen LogP contribution in [-0.2, 0) is 0 Å². The first-order valence-corrected chi connectivity index (χ1v) is 10.6. The zero-order valence-electron chi connectivity index (χ0n) is 16.8. The minimum atomic E-state index is -0.106. The minimum Gasteiger partial charge on any atom is -0.352 e. The van der Waals surface area contributed by atoms with Crippen molar-refractivity contribution in [2.45, 2.75) is 38.5 Å². The molecule has 0 bridgehead atoms. The van der Waals surface area contributed by atoms with Gasteiger partial charge in [0.2, 0.25) is 0 Å². The van der Waals surface area contributed by atoms with Crippen LogP contribution in [0.2, 0.25) is 5.02 Å². The lowest BCUT2D eigenvalue weighted by molar-refractivity contribution is 0.0953. The number of urea groups is 1. The Morgan fingerprint density at radius 1 is 1.17 bits per heavy atom. The molecule has 0 aromatic heterocycles. The number of benzene rings is 2. The molecule has 154 valence electrons. The van der Waals surface area contributed by atoms with Crippen LogP contribution in [0.1, 0.15) is 54.4 Å². The molecule has 0 aliphatic carbocycles. The first-order valence-electron chi connectivity index (χ1n) is 10.3. The number of rotatable bonds is 6. The maximum atomic E-state index is 12.7. The Balaban J connectivity index is 1.62. The van der Waals surface area contributed by atoms with Crippen molar-refractivity contribution in [2.75, 3.05) is 25.0 Å². The number of unbranched alkanes of at least 4 members (excludes halogenated alkanes) is 1. The second kappa shape index (κ2) is 10.3. The Kier molecular flexibility index (Phi) is 7.53. The maximum absolute atomic E-state index is 12.7. The van der Waals surface area contributed by atoms with E-state index in [9.17, 15) is 9.59 Å². The highest BCUT2D eigenvalue weighted by atomic mass is 35.5. The highest BCUT2D eigenvalue weighted by molar-refractivity contribution is 6.30. The number of piperidine rings is 1. The molecule has 2 aromatic carbocycles. The van der Waals surface area contributed by atoms with Crippen molar-refractivity contribution >= 4 is 29.2 Å². The highest BCUT2D eigenvalue weighted by Crippen LogP contribution is 2.28. The number of halogens is 1. The number of likely N-dealkylation sites (tertiary alicyclic amines) is 1. The number of hydrogen-bond donors (Lipinski definition) is 2. The minimum absolute atomic E-state index is 0.0338. The summed E-state index contributed by atoms with van der Waals surface area (Å²) in [6.45, 7) is 4.17. The van der Waals surface area contributed by atoms with Crippen molar-refractivity contribution in [3.05, 3.63) is 64.7 Å². The predicted molar refractivity (Wildman–Crippen MR) is 118 cm³/mol. The third kappa shape index (κ3) is 5.97. The lowest BCUT2D eigenvalue weighted by Crippen LogP contribution is -2.41.